The van der Waals surface area contributed by atoms with Crippen LogP contribution in [0.2, 0.25) is 0 Å². The van der Waals surface area contributed by atoms with Gasteiger partial charge in [-0.25, -0.2) is 0 Å². The number of nitrogen functional groups attached to an aromatic ring is 1. The topological polar surface area (TPSA) is 58.8 Å². The van der Waals surface area contributed by atoms with Crippen molar-refractivity contribution in [3.8, 4) is 5.75 Å². The van der Waals surface area contributed by atoms with Gasteiger partial charge in [0, 0.05) is 31.4 Å². The van der Waals surface area contributed by atoms with E-state index in [1.54, 1.807) is 13.2 Å². The molecule has 2 N–H and O–H groups in total. The lowest BCUT2D eigenvalue weighted by molar-refractivity contribution is -0.131. The first kappa shape index (κ1) is 16.3. The third-order valence-electron chi connectivity index (χ3n) is 3.20. The SMILES string of the molecule is CCN(CC)C(=O)CN(C)Cc1cc(N)cc(OC)c1. The van der Waals surface area contributed by atoms with E-state index in [1.807, 2.05) is 42.8 Å². The van der Waals surface area contributed by atoms with Crippen molar-refractivity contribution in [2.24, 2.45) is 0 Å². The highest BCUT2D eigenvalue weighted by atomic mass is 16.5. The molecule has 112 valence electrons. The zero-order valence-corrected chi connectivity index (χ0v) is 12.8. The normalized spacial score (nSPS) is 10.7. The van der Waals surface area contributed by atoms with Crippen molar-refractivity contribution >= 4 is 11.6 Å². The molecule has 1 amide bonds. The Balaban J connectivity index is 2.64. The van der Waals surface area contributed by atoms with E-state index >= 15 is 0 Å². The Morgan fingerprint density at radius 1 is 1.25 bits per heavy atom. The minimum atomic E-state index is 0.147. The Kier molecular flexibility index (Phi) is 6.31. The van der Waals surface area contributed by atoms with Gasteiger partial charge in [0.15, 0.2) is 0 Å². The fraction of sp³-hybridized carbons (Fsp3) is 0.533. The van der Waals surface area contributed by atoms with Gasteiger partial charge < -0.3 is 15.4 Å². The average Bonchev–Trinajstić information content (AvgIpc) is 2.38. The first-order chi connectivity index (χ1) is 9.49. The van der Waals surface area contributed by atoms with Crippen LogP contribution < -0.4 is 10.5 Å². The molecular weight excluding hydrogens is 254 g/mol. The van der Waals surface area contributed by atoms with Crippen LogP contribution in [0.1, 0.15) is 19.4 Å². The Hall–Kier alpha value is -1.75. The van der Waals surface area contributed by atoms with Crippen LogP contribution in [-0.2, 0) is 11.3 Å². The van der Waals surface area contributed by atoms with E-state index in [4.69, 9.17) is 10.5 Å². The van der Waals surface area contributed by atoms with Crippen LogP contribution in [0.15, 0.2) is 18.2 Å². The summed E-state index contributed by atoms with van der Waals surface area (Å²) in [7, 11) is 3.54. The van der Waals surface area contributed by atoms with E-state index in [-0.39, 0.29) is 5.91 Å². The summed E-state index contributed by atoms with van der Waals surface area (Å²) in [6, 6.07) is 5.63. The molecule has 0 aromatic heterocycles. The van der Waals surface area contributed by atoms with Gasteiger partial charge in [-0.2, -0.15) is 0 Å². The number of carbonyl (C=O) groups excluding carboxylic acids is 1. The highest BCUT2D eigenvalue weighted by Gasteiger charge is 2.12. The molecule has 0 aliphatic rings. The summed E-state index contributed by atoms with van der Waals surface area (Å²) in [5.74, 6) is 0.886. The molecule has 0 radical (unpaired) electrons. The molecule has 1 aromatic rings. The van der Waals surface area contributed by atoms with E-state index in [0.29, 0.717) is 18.8 Å². The van der Waals surface area contributed by atoms with E-state index in [1.165, 1.54) is 0 Å². The maximum atomic E-state index is 12.0. The second-order valence-electron chi connectivity index (χ2n) is 4.85. The number of methoxy groups -OCH3 is 1. The molecule has 5 heteroatoms. The molecule has 0 saturated carbocycles. The monoisotopic (exact) mass is 279 g/mol. The summed E-state index contributed by atoms with van der Waals surface area (Å²) in [6.45, 7) is 6.53. The third kappa shape index (κ3) is 4.74. The van der Waals surface area contributed by atoms with Crippen molar-refractivity contribution in [3.63, 3.8) is 0 Å². The standard InChI is InChI=1S/C15H25N3O2/c1-5-18(6-2)15(19)11-17(3)10-12-7-13(16)9-14(8-12)20-4/h7-9H,5-6,10-11,16H2,1-4H3. The zero-order chi connectivity index (χ0) is 15.1. The second kappa shape index (κ2) is 7.75. The van der Waals surface area contributed by atoms with Gasteiger partial charge in [0.2, 0.25) is 5.91 Å². The van der Waals surface area contributed by atoms with Crippen LogP contribution in [0.25, 0.3) is 0 Å². The summed E-state index contributed by atoms with van der Waals surface area (Å²) in [4.78, 5) is 15.8. The lowest BCUT2D eigenvalue weighted by Gasteiger charge is -2.23. The molecule has 0 heterocycles. The van der Waals surface area contributed by atoms with Crippen LogP contribution in [0.3, 0.4) is 0 Å². The van der Waals surface area contributed by atoms with Crippen molar-refractivity contribution in [1.82, 2.24) is 9.80 Å². The summed E-state index contributed by atoms with van der Waals surface area (Å²) < 4.78 is 5.20. The van der Waals surface area contributed by atoms with E-state index in [9.17, 15) is 4.79 Å². The van der Waals surface area contributed by atoms with Gasteiger partial charge in [-0.15, -0.1) is 0 Å². The Morgan fingerprint density at radius 3 is 2.45 bits per heavy atom. The predicted molar refractivity (Wildman–Crippen MR) is 81.7 cm³/mol. The first-order valence-electron chi connectivity index (χ1n) is 6.89. The maximum Gasteiger partial charge on any atom is 0.236 e. The number of benzene rings is 1. The number of hydrogen-bond acceptors (Lipinski definition) is 4. The number of nitrogens with zero attached hydrogens (tertiary/aromatic N) is 2. The van der Waals surface area contributed by atoms with Crippen LogP contribution in [0.5, 0.6) is 5.75 Å². The summed E-state index contributed by atoms with van der Waals surface area (Å²) in [5, 5.41) is 0. The van der Waals surface area contributed by atoms with Gasteiger partial charge in [0.05, 0.1) is 13.7 Å². The molecule has 0 aliphatic carbocycles. The third-order valence-corrected chi connectivity index (χ3v) is 3.20. The summed E-state index contributed by atoms with van der Waals surface area (Å²) >= 11 is 0. The second-order valence-corrected chi connectivity index (χ2v) is 4.85. The number of rotatable bonds is 7. The molecule has 5 nitrogen and oxygen atoms in total. The lowest BCUT2D eigenvalue weighted by Crippen LogP contribution is -2.38. The fourth-order valence-corrected chi connectivity index (χ4v) is 2.17. The fourth-order valence-electron chi connectivity index (χ4n) is 2.17. The van der Waals surface area contributed by atoms with Crippen LogP contribution in [0.4, 0.5) is 5.69 Å². The molecule has 0 saturated heterocycles. The molecule has 0 aliphatic heterocycles. The Bertz CT molecular complexity index is 445. The van der Waals surface area contributed by atoms with Crippen molar-refractivity contribution in [3.05, 3.63) is 23.8 Å². The molecule has 0 unspecified atom stereocenters. The minimum Gasteiger partial charge on any atom is -0.497 e. The van der Waals surface area contributed by atoms with Gasteiger partial charge in [0.25, 0.3) is 0 Å². The molecule has 20 heavy (non-hydrogen) atoms. The van der Waals surface area contributed by atoms with E-state index < -0.39 is 0 Å². The highest BCUT2D eigenvalue weighted by Crippen LogP contribution is 2.19. The molecule has 0 spiro atoms. The van der Waals surface area contributed by atoms with Crippen LogP contribution in [0, 0.1) is 0 Å². The largest absolute Gasteiger partial charge is 0.497 e. The van der Waals surface area contributed by atoms with Crippen LogP contribution >= 0.6 is 0 Å². The maximum absolute atomic E-state index is 12.0. The van der Waals surface area contributed by atoms with Crippen molar-refractivity contribution < 1.29 is 9.53 Å². The Labute approximate surface area is 121 Å². The lowest BCUT2D eigenvalue weighted by atomic mass is 10.2. The average molecular weight is 279 g/mol. The van der Waals surface area contributed by atoms with Gasteiger partial charge in [-0.3, -0.25) is 9.69 Å². The molecule has 0 bridgehead atoms. The van der Waals surface area contributed by atoms with Gasteiger partial charge in [0.1, 0.15) is 5.75 Å². The van der Waals surface area contributed by atoms with Crippen molar-refractivity contribution in [2.45, 2.75) is 20.4 Å². The highest BCUT2D eigenvalue weighted by molar-refractivity contribution is 5.78. The number of carbonyl (C=O) groups is 1. The molecular formula is C15H25N3O2. The Morgan fingerprint density at radius 2 is 1.90 bits per heavy atom. The zero-order valence-electron chi connectivity index (χ0n) is 12.8. The first-order valence-corrected chi connectivity index (χ1v) is 6.89. The molecule has 1 aromatic carbocycles. The quantitative estimate of drug-likeness (QED) is 0.770. The van der Waals surface area contributed by atoms with E-state index in [2.05, 4.69) is 0 Å². The smallest absolute Gasteiger partial charge is 0.236 e. The predicted octanol–water partition coefficient (Wildman–Crippen LogP) is 1.58. The number of nitrogens with two attached hydrogens (primary N) is 1. The number of ether oxygens (including phenoxy) is 1. The summed E-state index contributed by atoms with van der Waals surface area (Å²) in [5.41, 5.74) is 7.54. The van der Waals surface area contributed by atoms with Gasteiger partial charge in [-0.1, -0.05) is 0 Å². The molecule has 0 fully saturated rings. The number of likely N-dealkylation sites (N-methyl/N-ethyl adjacent to an activating group) is 2. The number of hydrogen-bond donors (Lipinski definition) is 1. The van der Waals surface area contributed by atoms with Gasteiger partial charge in [-0.05, 0) is 38.6 Å². The van der Waals surface area contributed by atoms with Gasteiger partial charge >= 0.3 is 0 Å². The number of anilines is 1. The molecule has 1 rings (SSSR count). The summed E-state index contributed by atoms with van der Waals surface area (Å²) in [6.07, 6.45) is 0. The van der Waals surface area contributed by atoms with E-state index in [0.717, 1.165) is 24.4 Å². The number of amides is 1. The molecule has 0 atom stereocenters. The van der Waals surface area contributed by atoms with Crippen molar-refractivity contribution in [1.29, 1.82) is 0 Å². The van der Waals surface area contributed by atoms with Crippen molar-refractivity contribution in [2.75, 3.05) is 39.5 Å². The minimum absolute atomic E-state index is 0.147. The van der Waals surface area contributed by atoms with Crippen LogP contribution in [-0.4, -0.2) is 49.5 Å².